The van der Waals surface area contributed by atoms with E-state index in [1.165, 1.54) is 5.56 Å². The number of nitrogens with zero attached hydrogens (tertiary/aromatic N) is 1. The van der Waals surface area contributed by atoms with E-state index in [4.69, 9.17) is 11.6 Å². The fourth-order valence-corrected chi connectivity index (χ4v) is 2.79. The Morgan fingerprint density at radius 1 is 0.909 bits per heavy atom. The van der Waals surface area contributed by atoms with Crippen LogP contribution >= 0.6 is 11.6 Å². The van der Waals surface area contributed by atoms with Crippen molar-refractivity contribution < 1.29 is 0 Å². The summed E-state index contributed by atoms with van der Waals surface area (Å²) < 4.78 is 0. The summed E-state index contributed by atoms with van der Waals surface area (Å²) in [6.45, 7) is 4.32. The van der Waals surface area contributed by atoms with Gasteiger partial charge in [-0.3, -0.25) is 4.98 Å². The molecule has 0 fully saturated rings. The third-order valence-corrected chi connectivity index (χ3v) is 3.90. The Labute approximate surface area is 135 Å². The molecular weight excluding hydrogens is 290 g/mol. The van der Waals surface area contributed by atoms with Crippen LogP contribution in [0.15, 0.2) is 85.6 Å². The zero-order valence-corrected chi connectivity index (χ0v) is 12.9. The van der Waals surface area contributed by atoms with Crippen LogP contribution in [0.3, 0.4) is 0 Å². The van der Waals surface area contributed by atoms with Crippen molar-refractivity contribution in [1.29, 1.82) is 0 Å². The summed E-state index contributed by atoms with van der Waals surface area (Å²) >= 11 is 6.13. The summed E-state index contributed by atoms with van der Waals surface area (Å²) in [6.07, 6.45) is 1.82. The van der Waals surface area contributed by atoms with Crippen molar-refractivity contribution in [3.8, 4) is 0 Å². The van der Waals surface area contributed by atoms with E-state index in [0.717, 1.165) is 16.8 Å². The SMILES string of the molecule is C=C(c1cccc(Cl)c1)C(c1ccccc1)c1ccccn1. The largest absolute Gasteiger partial charge is 0.260 e. The van der Waals surface area contributed by atoms with Gasteiger partial charge in [0, 0.05) is 11.2 Å². The molecule has 0 aliphatic carbocycles. The van der Waals surface area contributed by atoms with Gasteiger partial charge in [-0.1, -0.05) is 66.7 Å². The van der Waals surface area contributed by atoms with Crippen LogP contribution in [0, 0.1) is 0 Å². The number of allylic oxidation sites excluding steroid dienone is 1. The summed E-state index contributed by atoms with van der Waals surface area (Å²) in [5.74, 6) is 0.0147. The lowest BCUT2D eigenvalue weighted by molar-refractivity contribution is 0.973. The molecule has 0 bridgehead atoms. The van der Waals surface area contributed by atoms with Crippen LogP contribution in [-0.4, -0.2) is 4.98 Å². The molecule has 0 amide bonds. The van der Waals surface area contributed by atoms with Crippen LogP contribution in [0.2, 0.25) is 5.02 Å². The molecule has 2 heteroatoms. The van der Waals surface area contributed by atoms with E-state index in [-0.39, 0.29) is 5.92 Å². The normalized spacial score (nSPS) is 11.9. The molecule has 0 N–H and O–H groups in total. The molecule has 1 heterocycles. The Bertz CT molecular complexity index is 726. The highest BCUT2D eigenvalue weighted by atomic mass is 35.5. The predicted molar refractivity (Wildman–Crippen MR) is 93.0 cm³/mol. The van der Waals surface area contributed by atoms with Gasteiger partial charge in [-0.2, -0.15) is 0 Å². The van der Waals surface area contributed by atoms with Crippen LogP contribution in [0.4, 0.5) is 0 Å². The first-order valence-corrected chi connectivity index (χ1v) is 7.54. The van der Waals surface area contributed by atoms with Gasteiger partial charge in [-0.15, -0.1) is 0 Å². The predicted octanol–water partition coefficient (Wildman–Crippen LogP) is 5.58. The number of pyridine rings is 1. The number of hydrogen-bond donors (Lipinski definition) is 0. The highest BCUT2D eigenvalue weighted by molar-refractivity contribution is 6.30. The van der Waals surface area contributed by atoms with E-state index in [0.29, 0.717) is 5.02 Å². The zero-order valence-electron chi connectivity index (χ0n) is 12.1. The van der Waals surface area contributed by atoms with Crippen LogP contribution in [0.5, 0.6) is 0 Å². The highest BCUT2D eigenvalue weighted by Crippen LogP contribution is 2.36. The second-order valence-corrected chi connectivity index (χ2v) is 5.57. The number of rotatable bonds is 4. The Morgan fingerprint density at radius 3 is 2.36 bits per heavy atom. The van der Waals surface area contributed by atoms with Crippen molar-refractivity contribution in [2.24, 2.45) is 0 Å². The lowest BCUT2D eigenvalue weighted by Gasteiger charge is -2.20. The molecule has 3 aromatic rings. The molecule has 0 aliphatic rings. The monoisotopic (exact) mass is 305 g/mol. The van der Waals surface area contributed by atoms with Gasteiger partial charge in [-0.05, 0) is 41.0 Å². The Hall–Kier alpha value is -2.38. The molecule has 2 aromatic carbocycles. The fourth-order valence-electron chi connectivity index (χ4n) is 2.60. The molecule has 1 atom stereocenters. The summed E-state index contributed by atoms with van der Waals surface area (Å²) in [5.41, 5.74) is 4.18. The van der Waals surface area contributed by atoms with Gasteiger partial charge < -0.3 is 0 Å². The highest BCUT2D eigenvalue weighted by Gasteiger charge is 2.20. The second-order valence-electron chi connectivity index (χ2n) is 5.13. The molecular formula is C20H16ClN. The van der Waals surface area contributed by atoms with Crippen LogP contribution in [-0.2, 0) is 0 Å². The fraction of sp³-hybridized carbons (Fsp3) is 0.0500. The lowest BCUT2D eigenvalue weighted by atomic mass is 9.85. The van der Waals surface area contributed by atoms with Crippen molar-refractivity contribution >= 4 is 17.2 Å². The van der Waals surface area contributed by atoms with Crippen molar-refractivity contribution in [2.75, 3.05) is 0 Å². The van der Waals surface area contributed by atoms with Crippen molar-refractivity contribution in [3.05, 3.63) is 107 Å². The first-order valence-electron chi connectivity index (χ1n) is 7.16. The molecule has 1 unspecified atom stereocenters. The van der Waals surface area contributed by atoms with E-state index in [2.05, 4.69) is 23.7 Å². The molecule has 0 spiro atoms. The molecule has 1 aromatic heterocycles. The van der Waals surface area contributed by atoms with Gasteiger partial charge in [0.1, 0.15) is 0 Å². The maximum absolute atomic E-state index is 6.13. The third kappa shape index (κ3) is 3.10. The number of aromatic nitrogens is 1. The van der Waals surface area contributed by atoms with Crippen LogP contribution in [0.1, 0.15) is 22.7 Å². The van der Waals surface area contributed by atoms with E-state index in [1.54, 1.807) is 0 Å². The van der Waals surface area contributed by atoms with Gasteiger partial charge in [0.15, 0.2) is 0 Å². The first kappa shape index (κ1) is 14.6. The van der Waals surface area contributed by atoms with Gasteiger partial charge >= 0.3 is 0 Å². The van der Waals surface area contributed by atoms with Crippen molar-refractivity contribution in [1.82, 2.24) is 4.98 Å². The maximum atomic E-state index is 6.13. The van der Waals surface area contributed by atoms with Gasteiger partial charge in [0.25, 0.3) is 0 Å². The molecule has 0 aliphatic heterocycles. The first-order chi connectivity index (χ1) is 10.8. The summed E-state index contributed by atoms with van der Waals surface area (Å²) in [4.78, 5) is 4.53. The average Bonchev–Trinajstić information content (AvgIpc) is 2.57. The quantitative estimate of drug-likeness (QED) is 0.613. The number of hydrogen-bond acceptors (Lipinski definition) is 1. The summed E-state index contributed by atoms with van der Waals surface area (Å²) in [6, 6.07) is 24.1. The van der Waals surface area contributed by atoms with Gasteiger partial charge in [0.05, 0.1) is 11.6 Å². The van der Waals surface area contributed by atoms with E-state index < -0.39 is 0 Å². The molecule has 3 rings (SSSR count). The van der Waals surface area contributed by atoms with Crippen LogP contribution in [0.25, 0.3) is 5.57 Å². The maximum Gasteiger partial charge on any atom is 0.0522 e. The molecule has 0 saturated carbocycles. The van der Waals surface area contributed by atoms with E-state index in [1.807, 2.05) is 66.9 Å². The third-order valence-electron chi connectivity index (χ3n) is 3.66. The van der Waals surface area contributed by atoms with Crippen molar-refractivity contribution in [2.45, 2.75) is 5.92 Å². The molecule has 108 valence electrons. The summed E-state index contributed by atoms with van der Waals surface area (Å²) in [7, 11) is 0. The number of benzene rings is 2. The topological polar surface area (TPSA) is 12.9 Å². The summed E-state index contributed by atoms with van der Waals surface area (Å²) in [5, 5.41) is 0.714. The molecule has 1 nitrogen and oxygen atoms in total. The Kier molecular flexibility index (Phi) is 4.36. The minimum absolute atomic E-state index is 0.0147. The minimum Gasteiger partial charge on any atom is -0.260 e. The van der Waals surface area contributed by atoms with E-state index >= 15 is 0 Å². The average molecular weight is 306 g/mol. The van der Waals surface area contributed by atoms with Crippen LogP contribution < -0.4 is 0 Å². The smallest absolute Gasteiger partial charge is 0.0522 e. The Balaban J connectivity index is 2.08. The van der Waals surface area contributed by atoms with Gasteiger partial charge in [0.2, 0.25) is 0 Å². The van der Waals surface area contributed by atoms with Gasteiger partial charge in [-0.25, -0.2) is 0 Å². The lowest BCUT2D eigenvalue weighted by Crippen LogP contribution is -2.05. The van der Waals surface area contributed by atoms with Crippen molar-refractivity contribution in [3.63, 3.8) is 0 Å². The zero-order chi connectivity index (χ0) is 15.4. The minimum atomic E-state index is 0.0147. The Morgan fingerprint density at radius 2 is 1.68 bits per heavy atom. The molecule has 0 saturated heterocycles. The standard InChI is InChI=1S/C20H16ClN/c1-15(17-10-7-11-18(21)14-17)20(16-8-3-2-4-9-16)19-12-5-6-13-22-19/h2-14,20H,1H2. The second kappa shape index (κ2) is 6.59. The number of halogens is 1. The molecule has 0 radical (unpaired) electrons. The van der Waals surface area contributed by atoms with E-state index in [9.17, 15) is 0 Å². The molecule has 22 heavy (non-hydrogen) atoms.